The predicted molar refractivity (Wildman–Crippen MR) is 68.0 cm³/mol. The van der Waals surface area contributed by atoms with Crippen LogP contribution in [-0.4, -0.2) is 36.0 Å². The lowest BCUT2D eigenvalue weighted by molar-refractivity contribution is -0.117. The number of imidazole rings is 1. The minimum absolute atomic E-state index is 0.0470. The Morgan fingerprint density at radius 3 is 3.12 bits per heavy atom. The average Bonchev–Trinajstić information content (AvgIpc) is 2.81. The lowest BCUT2D eigenvalue weighted by Crippen LogP contribution is -2.35. The van der Waals surface area contributed by atoms with Crippen molar-refractivity contribution in [3.05, 3.63) is 24.5 Å². The van der Waals surface area contributed by atoms with Crippen LogP contribution in [0, 0.1) is 0 Å². The van der Waals surface area contributed by atoms with Crippen LogP contribution in [0.5, 0.6) is 0 Å². The third-order valence-electron chi connectivity index (χ3n) is 2.69. The van der Waals surface area contributed by atoms with Gasteiger partial charge < -0.3 is 15.2 Å². The molecule has 2 aromatic rings. The SMILES string of the molecule is CCNCC(=O)N(C)c1ccc2nc[nH]c2c1. The number of amides is 1. The van der Waals surface area contributed by atoms with Crippen LogP contribution in [0.15, 0.2) is 24.5 Å². The van der Waals surface area contributed by atoms with Crippen LogP contribution in [0.4, 0.5) is 5.69 Å². The van der Waals surface area contributed by atoms with E-state index in [9.17, 15) is 4.79 Å². The second kappa shape index (κ2) is 4.97. The Morgan fingerprint density at radius 1 is 1.53 bits per heavy atom. The first kappa shape index (κ1) is 11.6. The second-order valence-corrected chi connectivity index (χ2v) is 3.84. The normalized spacial score (nSPS) is 10.7. The summed E-state index contributed by atoms with van der Waals surface area (Å²) in [6.45, 7) is 3.12. The monoisotopic (exact) mass is 232 g/mol. The minimum Gasteiger partial charge on any atom is -0.345 e. The molecule has 5 nitrogen and oxygen atoms in total. The van der Waals surface area contributed by atoms with Crippen LogP contribution in [0.3, 0.4) is 0 Å². The van der Waals surface area contributed by atoms with Crippen molar-refractivity contribution in [2.75, 3.05) is 25.0 Å². The number of fused-ring (bicyclic) bond motifs is 1. The van der Waals surface area contributed by atoms with Crippen molar-refractivity contribution in [1.82, 2.24) is 15.3 Å². The third kappa shape index (κ3) is 2.45. The van der Waals surface area contributed by atoms with E-state index >= 15 is 0 Å². The fraction of sp³-hybridized carbons (Fsp3) is 0.333. The van der Waals surface area contributed by atoms with Gasteiger partial charge in [0, 0.05) is 12.7 Å². The van der Waals surface area contributed by atoms with E-state index in [4.69, 9.17) is 0 Å². The minimum atomic E-state index is 0.0470. The van der Waals surface area contributed by atoms with Crippen molar-refractivity contribution < 1.29 is 4.79 Å². The molecule has 0 aliphatic carbocycles. The molecule has 1 aromatic carbocycles. The number of H-pyrrole nitrogens is 1. The first-order chi connectivity index (χ1) is 8.22. The van der Waals surface area contributed by atoms with Crippen molar-refractivity contribution in [2.45, 2.75) is 6.92 Å². The molecular weight excluding hydrogens is 216 g/mol. The fourth-order valence-corrected chi connectivity index (χ4v) is 1.63. The molecule has 0 aliphatic rings. The van der Waals surface area contributed by atoms with Gasteiger partial charge in [-0.05, 0) is 24.7 Å². The second-order valence-electron chi connectivity index (χ2n) is 3.84. The molecule has 0 saturated carbocycles. The number of carbonyl (C=O) groups is 1. The highest BCUT2D eigenvalue weighted by Gasteiger charge is 2.10. The van der Waals surface area contributed by atoms with Gasteiger partial charge in [0.25, 0.3) is 0 Å². The standard InChI is InChI=1S/C12H16N4O/c1-3-13-7-12(17)16(2)9-4-5-10-11(6-9)15-8-14-10/h4-6,8,13H,3,7H2,1-2H3,(H,14,15). The Labute approximate surface area is 99.8 Å². The molecule has 0 bridgehead atoms. The average molecular weight is 232 g/mol. The lowest BCUT2D eigenvalue weighted by atomic mass is 10.2. The van der Waals surface area contributed by atoms with E-state index in [0.717, 1.165) is 23.3 Å². The third-order valence-corrected chi connectivity index (χ3v) is 2.69. The lowest BCUT2D eigenvalue weighted by Gasteiger charge is -2.17. The molecule has 0 fully saturated rings. The Bertz CT molecular complexity index is 520. The Balaban J connectivity index is 2.17. The van der Waals surface area contributed by atoms with Crippen LogP contribution in [0.1, 0.15) is 6.92 Å². The number of nitrogens with zero attached hydrogens (tertiary/aromatic N) is 2. The molecule has 1 aromatic heterocycles. The van der Waals surface area contributed by atoms with Gasteiger partial charge in [-0.1, -0.05) is 6.92 Å². The predicted octanol–water partition coefficient (Wildman–Crippen LogP) is 1.14. The summed E-state index contributed by atoms with van der Waals surface area (Å²) in [7, 11) is 1.78. The first-order valence-electron chi connectivity index (χ1n) is 5.62. The maximum Gasteiger partial charge on any atom is 0.240 e. The number of aromatic amines is 1. The number of anilines is 1. The number of rotatable bonds is 4. The molecular formula is C12H16N4O. The number of aromatic nitrogens is 2. The largest absolute Gasteiger partial charge is 0.345 e. The first-order valence-corrected chi connectivity index (χ1v) is 5.62. The molecule has 2 rings (SSSR count). The number of benzene rings is 1. The van der Waals surface area contributed by atoms with Gasteiger partial charge in [0.05, 0.1) is 23.9 Å². The van der Waals surface area contributed by atoms with Crippen molar-refractivity contribution in [1.29, 1.82) is 0 Å². The van der Waals surface area contributed by atoms with Crippen LogP contribution in [-0.2, 0) is 4.79 Å². The molecule has 90 valence electrons. The van der Waals surface area contributed by atoms with Crippen molar-refractivity contribution in [2.24, 2.45) is 0 Å². The molecule has 5 heteroatoms. The van der Waals surface area contributed by atoms with Gasteiger partial charge >= 0.3 is 0 Å². The van der Waals surface area contributed by atoms with Gasteiger partial charge in [0.1, 0.15) is 0 Å². The molecule has 0 spiro atoms. The van der Waals surface area contributed by atoms with Crippen molar-refractivity contribution in [3.8, 4) is 0 Å². The molecule has 2 N–H and O–H groups in total. The Hall–Kier alpha value is -1.88. The van der Waals surface area contributed by atoms with E-state index in [1.165, 1.54) is 0 Å². The molecule has 1 heterocycles. The summed E-state index contributed by atoms with van der Waals surface area (Å²) in [5.41, 5.74) is 2.71. The molecule has 0 radical (unpaired) electrons. The number of carbonyl (C=O) groups excluding carboxylic acids is 1. The van der Waals surface area contributed by atoms with E-state index in [-0.39, 0.29) is 5.91 Å². The van der Waals surface area contributed by atoms with E-state index in [1.54, 1.807) is 18.3 Å². The molecule has 17 heavy (non-hydrogen) atoms. The zero-order chi connectivity index (χ0) is 12.3. The number of nitrogens with one attached hydrogen (secondary N) is 2. The van der Waals surface area contributed by atoms with Gasteiger partial charge in [-0.15, -0.1) is 0 Å². The Morgan fingerprint density at radius 2 is 2.35 bits per heavy atom. The smallest absolute Gasteiger partial charge is 0.240 e. The summed E-state index contributed by atoms with van der Waals surface area (Å²) < 4.78 is 0. The molecule has 0 saturated heterocycles. The van der Waals surface area contributed by atoms with Gasteiger partial charge in [-0.25, -0.2) is 4.98 Å². The quantitative estimate of drug-likeness (QED) is 0.831. The number of hydrogen-bond donors (Lipinski definition) is 2. The van der Waals surface area contributed by atoms with E-state index < -0.39 is 0 Å². The number of likely N-dealkylation sites (N-methyl/N-ethyl adjacent to an activating group) is 2. The molecule has 1 amide bonds. The molecule has 0 aliphatic heterocycles. The summed E-state index contributed by atoms with van der Waals surface area (Å²) in [6.07, 6.45) is 1.65. The maximum absolute atomic E-state index is 11.8. The van der Waals surface area contributed by atoms with Crippen LogP contribution in [0.2, 0.25) is 0 Å². The summed E-state index contributed by atoms with van der Waals surface area (Å²) in [4.78, 5) is 20.6. The maximum atomic E-state index is 11.8. The zero-order valence-corrected chi connectivity index (χ0v) is 10.0. The highest BCUT2D eigenvalue weighted by Crippen LogP contribution is 2.18. The van der Waals surface area contributed by atoms with Crippen molar-refractivity contribution in [3.63, 3.8) is 0 Å². The highest BCUT2D eigenvalue weighted by molar-refractivity contribution is 5.96. The zero-order valence-electron chi connectivity index (χ0n) is 10.0. The van der Waals surface area contributed by atoms with Gasteiger partial charge in [0.15, 0.2) is 0 Å². The van der Waals surface area contributed by atoms with Gasteiger partial charge in [-0.2, -0.15) is 0 Å². The Kier molecular flexibility index (Phi) is 3.39. The van der Waals surface area contributed by atoms with Crippen molar-refractivity contribution >= 4 is 22.6 Å². The van der Waals surface area contributed by atoms with Gasteiger partial charge in [-0.3, -0.25) is 4.79 Å². The number of hydrogen-bond acceptors (Lipinski definition) is 3. The summed E-state index contributed by atoms with van der Waals surface area (Å²) in [5, 5.41) is 3.02. The summed E-state index contributed by atoms with van der Waals surface area (Å²) in [6, 6.07) is 5.72. The molecule has 0 unspecified atom stereocenters. The molecule has 0 atom stereocenters. The topological polar surface area (TPSA) is 61.0 Å². The highest BCUT2D eigenvalue weighted by atomic mass is 16.2. The van der Waals surface area contributed by atoms with E-state index in [1.807, 2.05) is 25.1 Å². The van der Waals surface area contributed by atoms with Crippen LogP contribution in [0.25, 0.3) is 11.0 Å². The fourth-order valence-electron chi connectivity index (χ4n) is 1.63. The van der Waals surface area contributed by atoms with E-state index in [2.05, 4.69) is 15.3 Å². The van der Waals surface area contributed by atoms with Crippen LogP contribution >= 0.6 is 0 Å². The summed E-state index contributed by atoms with van der Waals surface area (Å²) >= 11 is 0. The van der Waals surface area contributed by atoms with Gasteiger partial charge in [0.2, 0.25) is 5.91 Å². The summed E-state index contributed by atoms with van der Waals surface area (Å²) in [5.74, 6) is 0.0470. The van der Waals surface area contributed by atoms with Crippen LogP contribution < -0.4 is 10.2 Å². The van der Waals surface area contributed by atoms with E-state index in [0.29, 0.717) is 6.54 Å².